The molecule has 1 unspecified atom stereocenters. The fourth-order valence-electron chi connectivity index (χ4n) is 4.43. The Morgan fingerprint density at radius 1 is 0.816 bits per heavy atom. The number of nitrogen functional groups attached to an aromatic ring is 1. The zero-order valence-corrected chi connectivity index (χ0v) is 24.6. The van der Waals surface area contributed by atoms with Crippen LogP contribution in [0.25, 0.3) is 0 Å². The topological polar surface area (TPSA) is 51.0 Å². The first-order valence-corrected chi connectivity index (χ1v) is 14.4. The molecule has 1 atom stereocenters. The molecule has 0 saturated heterocycles. The summed E-state index contributed by atoms with van der Waals surface area (Å²) in [5.41, 5.74) is 9.37. The molecule has 5 nitrogen and oxygen atoms in total. The third-order valence-electron chi connectivity index (χ3n) is 6.78. The number of halogens is 2. The second-order valence-corrected chi connectivity index (χ2v) is 10.2. The maximum absolute atomic E-state index is 6.52. The minimum Gasteiger partial charge on any atom is -0.493 e. The Morgan fingerprint density at radius 2 is 1.55 bits per heavy atom. The first-order valence-electron chi connectivity index (χ1n) is 13.6. The number of benzene rings is 3. The lowest BCUT2D eigenvalue weighted by molar-refractivity contribution is 0.249. The van der Waals surface area contributed by atoms with Crippen molar-refractivity contribution in [1.29, 1.82) is 0 Å². The second kappa shape index (κ2) is 15.1. The number of nitrogens with two attached hydrogens (primary N) is 1. The van der Waals surface area contributed by atoms with Crippen LogP contribution in [0.2, 0.25) is 10.0 Å². The first-order chi connectivity index (χ1) is 18.4. The van der Waals surface area contributed by atoms with Gasteiger partial charge in [0, 0.05) is 25.2 Å². The predicted molar refractivity (Wildman–Crippen MR) is 162 cm³/mol. The maximum Gasteiger partial charge on any atom is 0.129 e. The second-order valence-electron chi connectivity index (χ2n) is 9.42. The van der Waals surface area contributed by atoms with E-state index in [2.05, 4.69) is 55.7 Å². The lowest BCUT2D eigenvalue weighted by atomic mass is 10.0. The van der Waals surface area contributed by atoms with Gasteiger partial charge in [-0.05, 0) is 74.8 Å². The van der Waals surface area contributed by atoms with Gasteiger partial charge in [0.15, 0.2) is 0 Å². The smallest absolute Gasteiger partial charge is 0.129 e. The van der Waals surface area contributed by atoms with Crippen molar-refractivity contribution in [1.82, 2.24) is 4.90 Å². The van der Waals surface area contributed by atoms with E-state index < -0.39 is 0 Å². The van der Waals surface area contributed by atoms with Gasteiger partial charge in [-0.1, -0.05) is 62.5 Å². The van der Waals surface area contributed by atoms with Gasteiger partial charge >= 0.3 is 0 Å². The van der Waals surface area contributed by atoms with E-state index in [0.29, 0.717) is 22.4 Å². The van der Waals surface area contributed by atoms with Gasteiger partial charge in [0.05, 0.1) is 34.1 Å². The third-order valence-corrected chi connectivity index (χ3v) is 7.52. The molecule has 0 aliphatic heterocycles. The number of ether oxygens (including phenoxy) is 2. The standard InChI is InChI=1S/C31H41Cl2N3O2/c1-5-8-18-36(31-22-25(14-16-30(31)34)37-19-10-17-35(6-2)7-3)23(4)24-11-9-12-26(20-24)38-27-13-15-28(32)29(33)21-27/h9,11-16,20-23H,5-8,10,17-19,34H2,1-4H3. The van der Waals surface area contributed by atoms with E-state index in [4.69, 9.17) is 38.4 Å². The monoisotopic (exact) mass is 557 g/mol. The van der Waals surface area contributed by atoms with Gasteiger partial charge < -0.3 is 25.0 Å². The molecule has 0 aliphatic rings. The van der Waals surface area contributed by atoms with Gasteiger partial charge in [0.1, 0.15) is 17.2 Å². The summed E-state index contributed by atoms with van der Waals surface area (Å²) in [6, 6.07) is 19.5. The highest BCUT2D eigenvalue weighted by Gasteiger charge is 2.20. The molecule has 206 valence electrons. The van der Waals surface area contributed by atoms with Gasteiger partial charge in [0.2, 0.25) is 0 Å². The van der Waals surface area contributed by atoms with Gasteiger partial charge in [-0.3, -0.25) is 0 Å². The maximum atomic E-state index is 6.52. The van der Waals surface area contributed by atoms with E-state index in [1.165, 1.54) is 0 Å². The van der Waals surface area contributed by atoms with Crippen LogP contribution in [0.3, 0.4) is 0 Å². The van der Waals surface area contributed by atoms with Crippen molar-refractivity contribution in [3.05, 3.63) is 76.3 Å². The molecule has 0 radical (unpaired) electrons. The van der Waals surface area contributed by atoms with Crippen molar-refractivity contribution in [2.45, 2.75) is 53.0 Å². The first kappa shape index (κ1) is 29.9. The summed E-state index contributed by atoms with van der Waals surface area (Å²) in [5, 5.41) is 0.964. The molecule has 3 rings (SSSR count). The Balaban J connectivity index is 1.78. The summed E-state index contributed by atoms with van der Waals surface area (Å²) in [4.78, 5) is 4.77. The van der Waals surface area contributed by atoms with Crippen LogP contribution in [-0.4, -0.2) is 37.7 Å². The lowest BCUT2D eigenvalue weighted by Gasteiger charge is -2.33. The van der Waals surface area contributed by atoms with Crippen LogP contribution in [0.15, 0.2) is 60.7 Å². The quantitative estimate of drug-likeness (QED) is 0.149. The SMILES string of the molecule is CCCCN(c1cc(OCCCN(CC)CC)ccc1N)C(C)c1cccc(Oc2ccc(Cl)c(Cl)c2)c1. The summed E-state index contributed by atoms with van der Waals surface area (Å²) in [7, 11) is 0. The highest BCUT2D eigenvalue weighted by molar-refractivity contribution is 6.42. The van der Waals surface area contributed by atoms with Crippen LogP contribution in [0.5, 0.6) is 17.2 Å². The van der Waals surface area contributed by atoms with Gasteiger partial charge in [-0.15, -0.1) is 0 Å². The van der Waals surface area contributed by atoms with E-state index in [9.17, 15) is 0 Å². The van der Waals surface area contributed by atoms with Crippen LogP contribution in [-0.2, 0) is 0 Å². The number of hydrogen-bond donors (Lipinski definition) is 1. The summed E-state index contributed by atoms with van der Waals surface area (Å²) < 4.78 is 12.2. The van der Waals surface area contributed by atoms with Crippen LogP contribution in [0.4, 0.5) is 11.4 Å². The number of hydrogen-bond acceptors (Lipinski definition) is 5. The molecular formula is C31H41Cl2N3O2. The number of rotatable bonds is 15. The molecule has 0 aromatic heterocycles. The molecule has 0 bridgehead atoms. The molecule has 0 fully saturated rings. The Bertz CT molecular complexity index is 1150. The molecular weight excluding hydrogens is 517 g/mol. The normalized spacial score (nSPS) is 12.0. The lowest BCUT2D eigenvalue weighted by Crippen LogP contribution is -2.28. The average molecular weight is 559 g/mol. The predicted octanol–water partition coefficient (Wildman–Crippen LogP) is 8.85. The molecule has 3 aromatic rings. The number of anilines is 2. The van der Waals surface area contributed by atoms with Gasteiger partial charge in [0.25, 0.3) is 0 Å². The van der Waals surface area contributed by atoms with Crippen molar-refractivity contribution in [3.63, 3.8) is 0 Å². The largest absolute Gasteiger partial charge is 0.493 e. The van der Waals surface area contributed by atoms with E-state index in [0.717, 1.165) is 73.9 Å². The van der Waals surface area contributed by atoms with E-state index in [1.54, 1.807) is 12.1 Å². The highest BCUT2D eigenvalue weighted by Crippen LogP contribution is 2.36. The average Bonchev–Trinajstić information content (AvgIpc) is 2.92. The van der Waals surface area contributed by atoms with Crippen LogP contribution < -0.4 is 20.1 Å². The van der Waals surface area contributed by atoms with Crippen molar-refractivity contribution in [2.24, 2.45) is 0 Å². The molecule has 0 amide bonds. The van der Waals surface area contributed by atoms with Crippen molar-refractivity contribution < 1.29 is 9.47 Å². The molecule has 0 heterocycles. The minimum absolute atomic E-state index is 0.0686. The molecule has 0 spiro atoms. The Labute approximate surface area is 238 Å². The van der Waals surface area contributed by atoms with E-state index in [1.807, 2.05) is 30.3 Å². The third kappa shape index (κ3) is 8.45. The van der Waals surface area contributed by atoms with Gasteiger partial charge in [-0.2, -0.15) is 0 Å². The van der Waals surface area contributed by atoms with E-state index >= 15 is 0 Å². The van der Waals surface area contributed by atoms with E-state index in [-0.39, 0.29) is 6.04 Å². The molecule has 0 aliphatic carbocycles. The van der Waals surface area contributed by atoms with Crippen LogP contribution in [0.1, 0.15) is 58.6 Å². The molecule has 7 heteroatoms. The minimum atomic E-state index is 0.0686. The molecule has 38 heavy (non-hydrogen) atoms. The zero-order chi connectivity index (χ0) is 27.5. The Morgan fingerprint density at radius 3 is 2.26 bits per heavy atom. The fraction of sp³-hybridized carbons (Fsp3) is 0.419. The van der Waals surface area contributed by atoms with Gasteiger partial charge in [-0.25, -0.2) is 0 Å². The summed E-state index contributed by atoms with van der Waals surface area (Å²) >= 11 is 12.2. The zero-order valence-electron chi connectivity index (χ0n) is 23.1. The fourth-order valence-corrected chi connectivity index (χ4v) is 4.71. The summed E-state index contributed by atoms with van der Waals surface area (Å²) in [5.74, 6) is 2.22. The van der Waals surface area contributed by atoms with Crippen LogP contribution >= 0.6 is 23.2 Å². The number of unbranched alkanes of at least 4 members (excludes halogenated alkanes) is 1. The summed E-state index contributed by atoms with van der Waals surface area (Å²) in [6.07, 6.45) is 3.13. The van der Waals surface area contributed by atoms with Crippen LogP contribution in [0, 0.1) is 0 Å². The van der Waals surface area contributed by atoms with Crippen molar-refractivity contribution >= 4 is 34.6 Å². The number of nitrogens with zero attached hydrogens (tertiary/aromatic N) is 2. The molecule has 3 aromatic carbocycles. The molecule has 0 saturated carbocycles. The summed E-state index contributed by atoms with van der Waals surface area (Å²) in [6.45, 7) is 13.5. The highest BCUT2D eigenvalue weighted by atomic mass is 35.5. The Kier molecular flexibility index (Phi) is 11.9. The Hall–Kier alpha value is -2.60. The van der Waals surface area contributed by atoms with Crippen molar-refractivity contribution in [2.75, 3.05) is 43.4 Å². The molecule has 2 N–H and O–H groups in total. The van der Waals surface area contributed by atoms with Crippen molar-refractivity contribution in [3.8, 4) is 17.2 Å².